The molecule has 0 saturated carbocycles. The van der Waals surface area contributed by atoms with E-state index in [0.29, 0.717) is 11.6 Å². The van der Waals surface area contributed by atoms with Crippen molar-refractivity contribution < 1.29 is 9.53 Å². The Bertz CT molecular complexity index is 1390. The number of aryl methyl sites for hydroxylation is 2. The molecule has 182 valence electrons. The maximum absolute atomic E-state index is 13.1. The summed E-state index contributed by atoms with van der Waals surface area (Å²) in [4.78, 5) is 32.9. The van der Waals surface area contributed by atoms with Crippen LogP contribution in [-0.2, 0) is 19.6 Å². The molecular formula is C27H25BrN6O2. The average molecular weight is 545 g/mol. The second-order valence-electron chi connectivity index (χ2n) is 8.67. The molecule has 0 aliphatic carbocycles. The van der Waals surface area contributed by atoms with E-state index in [1.54, 1.807) is 12.4 Å². The summed E-state index contributed by atoms with van der Waals surface area (Å²) in [6.45, 7) is 5.22. The highest BCUT2D eigenvalue weighted by Crippen LogP contribution is 2.34. The predicted octanol–water partition coefficient (Wildman–Crippen LogP) is 4.85. The van der Waals surface area contributed by atoms with E-state index in [1.165, 1.54) is 17.3 Å². The van der Waals surface area contributed by atoms with Gasteiger partial charge in [0.1, 0.15) is 12.2 Å². The van der Waals surface area contributed by atoms with Crippen molar-refractivity contribution in [3.05, 3.63) is 99.2 Å². The number of carbonyl (C=O) groups excluding carboxylic acids is 1. The van der Waals surface area contributed by atoms with Crippen molar-refractivity contribution in [2.75, 3.05) is 11.4 Å². The molecular weight excluding hydrogens is 520 g/mol. The van der Waals surface area contributed by atoms with Crippen molar-refractivity contribution in [3.63, 3.8) is 0 Å². The van der Waals surface area contributed by atoms with E-state index in [9.17, 15) is 4.79 Å². The van der Waals surface area contributed by atoms with E-state index in [0.717, 1.165) is 34.4 Å². The summed E-state index contributed by atoms with van der Waals surface area (Å²) in [5.74, 6) is 0.396. The van der Waals surface area contributed by atoms with Gasteiger partial charge >= 0.3 is 0 Å². The number of rotatable bonds is 7. The first-order valence-electron chi connectivity index (χ1n) is 11.6. The van der Waals surface area contributed by atoms with Crippen LogP contribution in [0.15, 0.2) is 65.5 Å². The molecule has 2 aromatic heterocycles. The number of amides is 1. The van der Waals surface area contributed by atoms with Gasteiger partial charge < -0.3 is 15.0 Å². The van der Waals surface area contributed by atoms with E-state index in [-0.39, 0.29) is 30.5 Å². The van der Waals surface area contributed by atoms with Gasteiger partial charge in [-0.1, -0.05) is 45.8 Å². The molecule has 0 spiro atoms. The second-order valence-corrected chi connectivity index (χ2v) is 9.59. The zero-order chi connectivity index (χ0) is 25.1. The van der Waals surface area contributed by atoms with Gasteiger partial charge in [-0.25, -0.2) is 4.98 Å². The molecule has 4 aromatic rings. The smallest absolute Gasteiger partial charge is 0.258 e. The lowest BCUT2D eigenvalue weighted by Gasteiger charge is -2.19. The lowest BCUT2D eigenvalue weighted by Crippen LogP contribution is -2.25. The molecule has 1 aliphatic rings. The van der Waals surface area contributed by atoms with E-state index < -0.39 is 0 Å². The first kappa shape index (κ1) is 23.9. The number of halogens is 1. The number of benzene rings is 2. The number of fused-ring (bicyclic) bond motifs is 1. The maximum Gasteiger partial charge on any atom is 0.258 e. The van der Waals surface area contributed by atoms with Crippen LogP contribution in [0.3, 0.4) is 0 Å². The summed E-state index contributed by atoms with van der Waals surface area (Å²) >= 11 is 3.45. The Balaban J connectivity index is 1.41. The Morgan fingerprint density at radius 3 is 2.67 bits per heavy atom. The molecule has 0 fully saturated rings. The predicted molar refractivity (Wildman–Crippen MR) is 140 cm³/mol. The van der Waals surface area contributed by atoms with Crippen LogP contribution < -0.4 is 15.0 Å². The summed E-state index contributed by atoms with van der Waals surface area (Å²) in [5.41, 5.74) is 6.26. The van der Waals surface area contributed by atoms with Gasteiger partial charge in [0.2, 0.25) is 11.8 Å². The standard InChI is InChI=1S/C27H25BrN6O2/c1-17-3-8-24-20(11-17)9-10-34(24)27-32-15-23(25(35)31-14-22-13-29-18(2)12-30-22)26(33-27)36-16-19-4-6-21(28)7-5-19/h3-8,11-13,15H,9-10,14,16H2,1-2H3,(H,31,35). The summed E-state index contributed by atoms with van der Waals surface area (Å²) < 4.78 is 7.06. The lowest BCUT2D eigenvalue weighted by atomic mass is 10.1. The Hall–Kier alpha value is -3.85. The van der Waals surface area contributed by atoms with Gasteiger partial charge in [0.05, 0.1) is 24.1 Å². The molecule has 0 radical (unpaired) electrons. The summed E-state index contributed by atoms with van der Waals surface area (Å²) in [6, 6.07) is 14.2. The Morgan fingerprint density at radius 1 is 1.06 bits per heavy atom. The van der Waals surface area contributed by atoms with Crippen LogP contribution in [0.1, 0.15) is 38.4 Å². The highest BCUT2D eigenvalue weighted by Gasteiger charge is 2.25. The van der Waals surface area contributed by atoms with Gasteiger partial charge in [0.25, 0.3) is 5.91 Å². The van der Waals surface area contributed by atoms with E-state index in [1.807, 2.05) is 31.2 Å². The molecule has 1 N–H and O–H groups in total. The van der Waals surface area contributed by atoms with Gasteiger partial charge in [0, 0.05) is 29.1 Å². The Labute approximate surface area is 217 Å². The topological polar surface area (TPSA) is 93.1 Å². The number of carbonyl (C=O) groups is 1. The van der Waals surface area contributed by atoms with Gasteiger partial charge in [0.15, 0.2) is 0 Å². The highest BCUT2D eigenvalue weighted by atomic mass is 79.9. The van der Waals surface area contributed by atoms with Crippen molar-refractivity contribution in [1.82, 2.24) is 25.3 Å². The summed E-state index contributed by atoms with van der Waals surface area (Å²) in [6.07, 6.45) is 5.76. The number of nitrogens with zero attached hydrogens (tertiary/aromatic N) is 5. The lowest BCUT2D eigenvalue weighted by molar-refractivity contribution is 0.0944. The first-order chi connectivity index (χ1) is 17.5. The fourth-order valence-corrected chi connectivity index (χ4v) is 4.26. The van der Waals surface area contributed by atoms with Gasteiger partial charge in [-0.3, -0.25) is 14.8 Å². The van der Waals surface area contributed by atoms with Crippen molar-refractivity contribution in [3.8, 4) is 5.88 Å². The molecule has 36 heavy (non-hydrogen) atoms. The largest absolute Gasteiger partial charge is 0.472 e. The van der Waals surface area contributed by atoms with Crippen LogP contribution in [0.4, 0.5) is 11.6 Å². The monoisotopic (exact) mass is 544 g/mol. The van der Waals surface area contributed by atoms with Crippen molar-refractivity contribution in [2.24, 2.45) is 0 Å². The quantitative estimate of drug-likeness (QED) is 0.355. The van der Waals surface area contributed by atoms with Crippen LogP contribution in [0.5, 0.6) is 5.88 Å². The molecule has 1 amide bonds. The minimum absolute atomic E-state index is 0.232. The third-order valence-electron chi connectivity index (χ3n) is 5.91. The Morgan fingerprint density at radius 2 is 1.89 bits per heavy atom. The number of nitrogens with one attached hydrogen (secondary N) is 1. The molecule has 3 heterocycles. The molecule has 2 aromatic carbocycles. The molecule has 1 aliphatic heterocycles. The van der Waals surface area contributed by atoms with Crippen LogP contribution in [0.2, 0.25) is 0 Å². The van der Waals surface area contributed by atoms with E-state index >= 15 is 0 Å². The number of aromatic nitrogens is 4. The second kappa shape index (κ2) is 10.4. The summed E-state index contributed by atoms with van der Waals surface area (Å²) in [7, 11) is 0. The Kier molecular flexibility index (Phi) is 6.90. The van der Waals surface area contributed by atoms with Gasteiger partial charge in [-0.05, 0) is 49.6 Å². The van der Waals surface area contributed by atoms with Crippen molar-refractivity contribution in [2.45, 2.75) is 33.4 Å². The minimum Gasteiger partial charge on any atom is -0.472 e. The molecule has 0 bridgehead atoms. The fraction of sp³-hybridized carbons (Fsp3) is 0.222. The molecule has 8 nitrogen and oxygen atoms in total. The zero-order valence-corrected chi connectivity index (χ0v) is 21.6. The molecule has 0 saturated heterocycles. The molecule has 0 atom stereocenters. The highest BCUT2D eigenvalue weighted by molar-refractivity contribution is 9.10. The number of hydrogen-bond acceptors (Lipinski definition) is 7. The zero-order valence-electron chi connectivity index (χ0n) is 20.0. The molecule has 0 unspecified atom stereocenters. The van der Waals surface area contributed by atoms with Crippen LogP contribution in [0, 0.1) is 13.8 Å². The number of hydrogen-bond donors (Lipinski definition) is 1. The van der Waals surface area contributed by atoms with Crippen molar-refractivity contribution in [1.29, 1.82) is 0 Å². The van der Waals surface area contributed by atoms with Crippen LogP contribution in [-0.4, -0.2) is 32.4 Å². The third kappa shape index (κ3) is 5.36. The van der Waals surface area contributed by atoms with Gasteiger partial charge in [-0.15, -0.1) is 0 Å². The molecule has 5 rings (SSSR count). The number of ether oxygens (including phenoxy) is 1. The van der Waals surface area contributed by atoms with Crippen molar-refractivity contribution >= 4 is 33.5 Å². The normalized spacial score (nSPS) is 12.4. The summed E-state index contributed by atoms with van der Waals surface area (Å²) in [5, 5.41) is 2.87. The van der Waals surface area contributed by atoms with E-state index in [2.05, 4.69) is 66.2 Å². The fourth-order valence-electron chi connectivity index (χ4n) is 4.00. The van der Waals surface area contributed by atoms with Crippen LogP contribution >= 0.6 is 15.9 Å². The minimum atomic E-state index is -0.341. The van der Waals surface area contributed by atoms with E-state index in [4.69, 9.17) is 9.72 Å². The third-order valence-corrected chi connectivity index (χ3v) is 6.44. The van der Waals surface area contributed by atoms with Gasteiger partial charge in [-0.2, -0.15) is 4.98 Å². The number of anilines is 2. The maximum atomic E-state index is 13.1. The SMILES string of the molecule is Cc1ccc2c(c1)CCN2c1ncc(C(=O)NCc2cnc(C)cn2)c(OCc2ccc(Br)cc2)n1. The van der Waals surface area contributed by atoms with Crippen LogP contribution in [0.25, 0.3) is 0 Å². The molecule has 9 heteroatoms. The average Bonchev–Trinajstić information content (AvgIpc) is 3.30. The first-order valence-corrected chi connectivity index (χ1v) is 12.4.